The number of carbonyl (C=O) groups is 1. The van der Waals surface area contributed by atoms with E-state index in [2.05, 4.69) is 61.2 Å². The van der Waals surface area contributed by atoms with Gasteiger partial charge in [0.25, 0.3) is 0 Å². The van der Waals surface area contributed by atoms with Crippen LogP contribution < -0.4 is 5.32 Å². The van der Waals surface area contributed by atoms with E-state index in [1.165, 1.54) is 22.5 Å². The Morgan fingerprint density at radius 3 is 2.86 bits per heavy atom. The number of nitrogens with one attached hydrogen (secondary N) is 1. The van der Waals surface area contributed by atoms with Gasteiger partial charge in [-0.3, -0.25) is 4.79 Å². The molecule has 1 aromatic carbocycles. The molecule has 6 nitrogen and oxygen atoms in total. The molecule has 2 fully saturated rings. The lowest BCUT2D eigenvalue weighted by molar-refractivity contribution is -0.116. The fraction of sp³-hybridized carbons (Fsp3) is 0.593. The first-order chi connectivity index (χ1) is 17.1. The van der Waals surface area contributed by atoms with Crippen molar-refractivity contribution in [1.82, 2.24) is 4.98 Å². The SMILES string of the molecule is Cc1cnc(NC(=O)CCC2CC(O)(CC#N)C3(C)CCC4c5cc(Br)c(O)c(Br)c5CCC4C23)s1. The number of fused-ring (bicyclic) bond motifs is 5. The van der Waals surface area contributed by atoms with Crippen LogP contribution in [0.1, 0.15) is 73.8 Å². The molecule has 5 rings (SSSR count). The van der Waals surface area contributed by atoms with Crippen molar-refractivity contribution in [2.45, 2.75) is 76.7 Å². The zero-order valence-electron chi connectivity index (χ0n) is 20.5. The number of aromatic hydroxyl groups is 1. The number of carbonyl (C=O) groups excluding carboxylic acids is 1. The molecule has 1 heterocycles. The van der Waals surface area contributed by atoms with Crippen LogP contribution in [0, 0.1) is 41.4 Å². The molecule has 2 aromatic rings. The van der Waals surface area contributed by atoms with E-state index in [4.69, 9.17) is 0 Å². The van der Waals surface area contributed by atoms with Gasteiger partial charge in [0.15, 0.2) is 5.13 Å². The van der Waals surface area contributed by atoms with Gasteiger partial charge in [-0.15, -0.1) is 11.3 Å². The third-order valence-electron chi connectivity index (χ3n) is 9.30. The zero-order chi connectivity index (χ0) is 25.8. The van der Waals surface area contributed by atoms with E-state index in [0.29, 0.717) is 40.7 Å². The Kier molecular flexibility index (Phi) is 7.03. The maximum Gasteiger partial charge on any atom is 0.226 e. The van der Waals surface area contributed by atoms with Crippen LogP contribution in [0.25, 0.3) is 0 Å². The number of nitrogens with zero attached hydrogens (tertiary/aromatic N) is 2. The number of phenolic OH excluding ortho intramolecular Hbond substituents is 1. The van der Waals surface area contributed by atoms with Gasteiger partial charge in [-0.25, -0.2) is 4.98 Å². The van der Waals surface area contributed by atoms with Crippen molar-refractivity contribution >= 4 is 54.2 Å². The molecule has 0 aliphatic heterocycles. The van der Waals surface area contributed by atoms with E-state index in [-0.39, 0.29) is 35.3 Å². The van der Waals surface area contributed by atoms with Crippen molar-refractivity contribution in [1.29, 1.82) is 5.26 Å². The second-order valence-corrected chi connectivity index (χ2v) is 14.0. The average Bonchev–Trinajstić information content (AvgIpc) is 3.33. The summed E-state index contributed by atoms with van der Waals surface area (Å²) in [7, 11) is 0. The van der Waals surface area contributed by atoms with Gasteiger partial charge in [-0.2, -0.15) is 5.26 Å². The number of anilines is 1. The molecule has 0 bridgehead atoms. The van der Waals surface area contributed by atoms with Gasteiger partial charge in [0.05, 0.1) is 27.0 Å². The summed E-state index contributed by atoms with van der Waals surface area (Å²) >= 11 is 8.60. The first-order valence-corrected chi connectivity index (χ1v) is 15.0. The summed E-state index contributed by atoms with van der Waals surface area (Å²) in [6, 6.07) is 4.33. The fourth-order valence-electron chi connectivity index (χ4n) is 7.69. The Labute approximate surface area is 232 Å². The smallest absolute Gasteiger partial charge is 0.226 e. The molecule has 3 aliphatic carbocycles. The fourth-order valence-corrected chi connectivity index (χ4v) is 9.72. The molecular formula is C27H31Br2N3O3S. The summed E-state index contributed by atoms with van der Waals surface area (Å²) in [6.07, 6.45) is 7.11. The van der Waals surface area contributed by atoms with Crippen molar-refractivity contribution < 1.29 is 15.0 Å². The highest BCUT2D eigenvalue weighted by molar-refractivity contribution is 9.11. The second kappa shape index (κ2) is 9.68. The van der Waals surface area contributed by atoms with Crippen molar-refractivity contribution in [2.75, 3.05) is 5.32 Å². The number of aromatic nitrogens is 1. The summed E-state index contributed by atoms with van der Waals surface area (Å²) in [5.74, 6) is 1.28. The van der Waals surface area contributed by atoms with E-state index in [1.54, 1.807) is 6.20 Å². The Bertz CT molecular complexity index is 1240. The molecule has 9 heteroatoms. The Hall–Kier alpha value is -1.47. The van der Waals surface area contributed by atoms with E-state index >= 15 is 0 Å². The topological polar surface area (TPSA) is 106 Å². The highest BCUT2D eigenvalue weighted by atomic mass is 79.9. The summed E-state index contributed by atoms with van der Waals surface area (Å²) < 4.78 is 1.47. The van der Waals surface area contributed by atoms with Gasteiger partial charge in [-0.1, -0.05) is 6.92 Å². The lowest BCUT2D eigenvalue weighted by Gasteiger charge is -2.54. The van der Waals surface area contributed by atoms with E-state index in [9.17, 15) is 20.3 Å². The lowest BCUT2D eigenvalue weighted by Crippen LogP contribution is -2.51. The van der Waals surface area contributed by atoms with Crippen LogP contribution in [-0.2, 0) is 11.2 Å². The number of amides is 1. The molecule has 192 valence electrons. The molecule has 36 heavy (non-hydrogen) atoms. The largest absolute Gasteiger partial charge is 0.506 e. The Morgan fingerprint density at radius 2 is 2.17 bits per heavy atom. The number of nitriles is 1. The molecule has 1 amide bonds. The Balaban J connectivity index is 1.43. The minimum atomic E-state index is -1.04. The third kappa shape index (κ3) is 4.22. The normalized spacial score (nSPS) is 32.8. The third-order valence-corrected chi connectivity index (χ3v) is 11.6. The molecule has 0 saturated heterocycles. The number of benzene rings is 1. The van der Waals surface area contributed by atoms with Crippen LogP contribution in [0.3, 0.4) is 0 Å². The van der Waals surface area contributed by atoms with Crippen molar-refractivity contribution in [3.8, 4) is 11.8 Å². The maximum absolute atomic E-state index is 12.8. The standard InChI is InChI=1S/C27H31Br2N3O3S/c1-14-13-31-25(36-14)32-21(33)6-3-15-12-27(35,9-10-30)26(2)8-7-16-17(22(15)26)4-5-18-19(16)11-20(28)24(34)23(18)29/h11,13,15-17,22,34-35H,3-9,12H2,1-2H3,(H,31,32,33). The van der Waals surface area contributed by atoms with Crippen LogP contribution in [0.2, 0.25) is 0 Å². The van der Waals surface area contributed by atoms with Gasteiger partial charge in [0, 0.05) is 22.9 Å². The first kappa shape index (κ1) is 26.1. The van der Waals surface area contributed by atoms with Crippen molar-refractivity contribution in [3.63, 3.8) is 0 Å². The highest BCUT2D eigenvalue weighted by Gasteiger charge is 2.64. The number of thiazole rings is 1. The monoisotopic (exact) mass is 635 g/mol. The molecule has 1 aromatic heterocycles. The molecule has 3 aliphatic rings. The number of hydrogen-bond donors (Lipinski definition) is 3. The Morgan fingerprint density at radius 1 is 1.39 bits per heavy atom. The summed E-state index contributed by atoms with van der Waals surface area (Å²) in [6.45, 7) is 4.14. The maximum atomic E-state index is 12.8. The second-order valence-electron chi connectivity index (χ2n) is 11.1. The van der Waals surface area contributed by atoms with Gasteiger partial charge in [-0.05, 0) is 118 Å². The van der Waals surface area contributed by atoms with Gasteiger partial charge < -0.3 is 15.5 Å². The van der Waals surface area contributed by atoms with Gasteiger partial charge in [0.1, 0.15) is 5.75 Å². The number of aryl methyl sites for hydroxylation is 1. The molecule has 6 unspecified atom stereocenters. The van der Waals surface area contributed by atoms with Crippen LogP contribution in [0.4, 0.5) is 5.13 Å². The van der Waals surface area contributed by atoms with E-state index in [1.807, 2.05) is 6.92 Å². The number of aliphatic hydroxyl groups is 1. The van der Waals surface area contributed by atoms with Crippen LogP contribution >= 0.6 is 43.2 Å². The predicted molar refractivity (Wildman–Crippen MR) is 147 cm³/mol. The number of hydrogen-bond acceptors (Lipinski definition) is 6. The zero-order valence-corrected chi connectivity index (χ0v) is 24.5. The summed E-state index contributed by atoms with van der Waals surface area (Å²) in [5, 5.41) is 35.4. The van der Waals surface area contributed by atoms with Crippen molar-refractivity contribution in [3.05, 3.63) is 37.2 Å². The average molecular weight is 637 g/mol. The minimum Gasteiger partial charge on any atom is -0.506 e. The van der Waals surface area contributed by atoms with Crippen LogP contribution in [0.5, 0.6) is 5.75 Å². The quantitative estimate of drug-likeness (QED) is 0.334. The first-order valence-electron chi connectivity index (χ1n) is 12.6. The number of rotatable bonds is 5. The molecule has 6 atom stereocenters. The van der Waals surface area contributed by atoms with E-state index in [0.717, 1.165) is 35.0 Å². The summed E-state index contributed by atoms with van der Waals surface area (Å²) in [5.41, 5.74) is 1.05. The lowest BCUT2D eigenvalue weighted by atomic mass is 9.52. The predicted octanol–water partition coefficient (Wildman–Crippen LogP) is 6.83. The number of phenols is 1. The molecule has 3 N–H and O–H groups in total. The van der Waals surface area contributed by atoms with Gasteiger partial charge >= 0.3 is 0 Å². The van der Waals surface area contributed by atoms with Crippen LogP contribution in [-0.4, -0.2) is 26.7 Å². The molecule has 0 spiro atoms. The van der Waals surface area contributed by atoms with Gasteiger partial charge in [0.2, 0.25) is 5.91 Å². The molecule has 2 saturated carbocycles. The van der Waals surface area contributed by atoms with Crippen molar-refractivity contribution in [2.24, 2.45) is 23.2 Å². The molecular weight excluding hydrogens is 606 g/mol. The van der Waals surface area contributed by atoms with E-state index < -0.39 is 5.60 Å². The summed E-state index contributed by atoms with van der Waals surface area (Å²) in [4.78, 5) is 18.1. The number of halogens is 2. The van der Waals surface area contributed by atoms with Crippen LogP contribution in [0.15, 0.2) is 21.2 Å². The molecule has 0 radical (unpaired) electrons. The minimum absolute atomic E-state index is 0.0496. The highest BCUT2D eigenvalue weighted by Crippen LogP contribution is 2.68.